The summed E-state index contributed by atoms with van der Waals surface area (Å²) >= 11 is 2.36. The van der Waals surface area contributed by atoms with Gasteiger partial charge < -0.3 is 4.90 Å². The minimum Gasteiger partial charge on any atom is -0.368 e. The highest BCUT2D eigenvalue weighted by molar-refractivity contribution is 14.1. The first-order chi connectivity index (χ1) is 7.74. The maximum Gasteiger partial charge on any atom is 0.0368 e. The number of rotatable bonds is 1. The lowest BCUT2D eigenvalue weighted by Crippen LogP contribution is -2.52. The van der Waals surface area contributed by atoms with E-state index in [-0.39, 0.29) is 0 Å². The van der Waals surface area contributed by atoms with Crippen molar-refractivity contribution in [2.75, 3.05) is 25.0 Å². The molecule has 86 valence electrons. The molecule has 1 aromatic rings. The summed E-state index contributed by atoms with van der Waals surface area (Å²) in [5.41, 5.74) is 1.39. The minimum atomic E-state index is 0.776. The molecular weight excluding hydrogens is 311 g/mol. The molecule has 2 heterocycles. The Bertz CT molecular complexity index is 362. The zero-order chi connectivity index (χ0) is 11.1. The van der Waals surface area contributed by atoms with Crippen molar-refractivity contribution in [2.45, 2.75) is 24.9 Å². The molecule has 0 saturated carbocycles. The second-order valence-electron chi connectivity index (χ2n) is 4.93. The molecule has 0 aliphatic carbocycles. The fourth-order valence-electron chi connectivity index (χ4n) is 2.98. The van der Waals surface area contributed by atoms with Gasteiger partial charge in [0.1, 0.15) is 0 Å². The van der Waals surface area contributed by atoms with E-state index < -0.39 is 0 Å². The first-order valence-corrected chi connectivity index (χ1v) is 7.04. The Morgan fingerprint density at radius 1 is 1.06 bits per heavy atom. The van der Waals surface area contributed by atoms with Crippen molar-refractivity contribution in [3.05, 3.63) is 27.8 Å². The first-order valence-electron chi connectivity index (χ1n) is 5.96. The van der Waals surface area contributed by atoms with Gasteiger partial charge in [-0.15, -0.1) is 0 Å². The van der Waals surface area contributed by atoms with Crippen LogP contribution in [0.5, 0.6) is 0 Å². The van der Waals surface area contributed by atoms with Gasteiger partial charge in [-0.2, -0.15) is 0 Å². The van der Waals surface area contributed by atoms with Gasteiger partial charge in [0.25, 0.3) is 0 Å². The summed E-state index contributed by atoms with van der Waals surface area (Å²) in [4.78, 5) is 5.13. The standard InChI is InChI=1S/C13H17IN2/c1-15-12-6-7-13(15)9-16(8-12)11-4-2-10(14)3-5-11/h2-5,12-13H,6-9H2,1H3/t12-,13+. The predicted molar refractivity (Wildman–Crippen MR) is 75.9 cm³/mol. The molecule has 2 aliphatic heterocycles. The number of likely N-dealkylation sites (N-methyl/N-ethyl adjacent to an activating group) is 1. The zero-order valence-corrected chi connectivity index (χ0v) is 11.7. The third kappa shape index (κ3) is 1.84. The van der Waals surface area contributed by atoms with Crippen LogP contribution in [0.25, 0.3) is 0 Å². The van der Waals surface area contributed by atoms with E-state index in [1.165, 1.54) is 35.2 Å². The van der Waals surface area contributed by atoms with Crippen LogP contribution in [-0.2, 0) is 0 Å². The van der Waals surface area contributed by atoms with E-state index in [0.29, 0.717) is 0 Å². The van der Waals surface area contributed by atoms with Gasteiger partial charge in [0, 0.05) is 34.4 Å². The minimum absolute atomic E-state index is 0.776. The number of benzene rings is 1. The predicted octanol–water partition coefficient (Wildman–Crippen LogP) is 2.57. The highest BCUT2D eigenvalue weighted by Gasteiger charge is 2.37. The molecule has 2 bridgehead atoms. The van der Waals surface area contributed by atoms with Gasteiger partial charge >= 0.3 is 0 Å². The largest absolute Gasteiger partial charge is 0.368 e. The Morgan fingerprint density at radius 3 is 2.19 bits per heavy atom. The summed E-state index contributed by atoms with van der Waals surface area (Å²) in [7, 11) is 2.29. The molecule has 2 atom stereocenters. The molecule has 2 aliphatic rings. The first kappa shape index (κ1) is 10.8. The Hall–Kier alpha value is -0.290. The number of hydrogen-bond donors (Lipinski definition) is 0. The molecule has 0 amide bonds. The number of fused-ring (bicyclic) bond motifs is 2. The van der Waals surface area contributed by atoms with Crippen molar-refractivity contribution in [3.8, 4) is 0 Å². The van der Waals surface area contributed by atoms with Crippen LogP contribution in [0.4, 0.5) is 5.69 Å². The third-order valence-corrected chi connectivity index (χ3v) is 4.76. The van der Waals surface area contributed by atoms with Crippen LogP contribution in [0.3, 0.4) is 0 Å². The maximum absolute atomic E-state index is 2.57. The molecular formula is C13H17IN2. The van der Waals surface area contributed by atoms with Crippen molar-refractivity contribution in [2.24, 2.45) is 0 Å². The van der Waals surface area contributed by atoms with Gasteiger partial charge in [-0.1, -0.05) is 0 Å². The summed E-state index contributed by atoms with van der Waals surface area (Å²) in [5.74, 6) is 0. The second-order valence-corrected chi connectivity index (χ2v) is 6.18. The molecule has 0 aromatic heterocycles. The Kier molecular flexibility index (Phi) is 2.83. The normalized spacial score (nSPS) is 29.8. The Morgan fingerprint density at radius 2 is 1.62 bits per heavy atom. The zero-order valence-electron chi connectivity index (χ0n) is 9.56. The quantitative estimate of drug-likeness (QED) is 0.731. The van der Waals surface area contributed by atoms with E-state index in [4.69, 9.17) is 0 Å². The van der Waals surface area contributed by atoms with Gasteiger partial charge in [-0.25, -0.2) is 0 Å². The lowest BCUT2D eigenvalue weighted by Gasteiger charge is -2.40. The molecule has 2 nitrogen and oxygen atoms in total. The van der Waals surface area contributed by atoms with Gasteiger partial charge in [-0.3, -0.25) is 4.90 Å². The van der Waals surface area contributed by atoms with Crippen LogP contribution in [0, 0.1) is 3.57 Å². The summed E-state index contributed by atoms with van der Waals surface area (Å²) in [6.07, 6.45) is 2.75. The van der Waals surface area contributed by atoms with E-state index in [9.17, 15) is 0 Å². The Labute approximate surface area is 111 Å². The number of piperazine rings is 1. The summed E-state index contributed by atoms with van der Waals surface area (Å²) in [6.45, 7) is 2.40. The summed E-state index contributed by atoms with van der Waals surface area (Å²) < 4.78 is 1.32. The van der Waals surface area contributed by atoms with Crippen LogP contribution < -0.4 is 4.90 Å². The monoisotopic (exact) mass is 328 g/mol. The number of anilines is 1. The van der Waals surface area contributed by atoms with Crippen molar-refractivity contribution in [1.82, 2.24) is 4.90 Å². The van der Waals surface area contributed by atoms with Crippen LogP contribution >= 0.6 is 22.6 Å². The molecule has 3 heteroatoms. The van der Waals surface area contributed by atoms with Crippen molar-refractivity contribution in [3.63, 3.8) is 0 Å². The van der Waals surface area contributed by atoms with Crippen LogP contribution in [0.1, 0.15) is 12.8 Å². The molecule has 0 radical (unpaired) electrons. The van der Waals surface area contributed by atoms with Crippen LogP contribution in [0.2, 0.25) is 0 Å². The molecule has 2 fully saturated rings. The topological polar surface area (TPSA) is 6.48 Å². The van der Waals surface area contributed by atoms with Gasteiger partial charge in [-0.05, 0) is 66.7 Å². The lowest BCUT2D eigenvalue weighted by molar-refractivity contribution is 0.212. The van der Waals surface area contributed by atoms with Crippen molar-refractivity contribution < 1.29 is 0 Å². The van der Waals surface area contributed by atoms with E-state index in [1.807, 2.05) is 0 Å². The van der Waals surface area contributed by atoms with Gasteiger partial charge in [0.15, 0.2) is 0 Å². The van der Waals surface area contributed by atoms with E-state index >= 15 is 0 Å². The molecule has 0 N–H and O–H groups in total. The smallest absolute Gasteiger partial charge is 0.0368 e. The molecule has 3 rings (SSSR count). The van der Waals surface area contributed by atoms with E-state index in [2.05, 4.69) is 63.7 Å². The van der Waals surface area contributed by atoms with E-state index in [0.717, 1.165) is 12.1 Å². The highest BCUT2D eigenvalue weighted by atomic mass is 127. The number of halogens is 1. The lowest BCUT2D eigenvalue weighted by atomic mass is 10.2. The molecule has 2 saturated heterocycles. The molecule has 0 unspecified atom stereocenters. The molecule has 0 spiro atoms. The average Bonchev–Trinajstić information content (AvgIpc) is 2.54. The summed E-state index contributed by atoms with van der Waals surface area (Å²) in [5, 5.41) is 0. The van der Waals surface area contributed by atoms with Crippen LogP contribution in [0.15, 0.2) is 24.3 Å². The fourth-order valence-corrected chi connectivity index (χ4v) is 3.34. The number of hydrogen-bond acceptors (Lipinski definition) is 2. The van der Waals surface area contributed by atoms with E-state index in [1.54, 1.807) is 0 Å². The van der Waals surface area contributed by atoms with Gasteiger partial charge in [0.2, 0.25) is 0 Å². The van der Waals surface area contributed by atoms with Crippen LogP contribution in [-0.4, -0.2) is 37.1 Å². The molecule has 1 aromatic carbocycles. The SMILES string of the molecule is CN1[C@@H]2CC[C@H]1CN(c1ccc(I)cc1)C2. The Balaban J connectivity index is 1.80. The third-order valence-electron chi connectivity index (χ3n) is 4.04. The summed E-state index contributed by atoms with van der Waals surface area (Å²) in [6, 6.07) is 10.5. The second kappa shape index (κ2) is 4.18. The maximum atomic E-state index is 2.57. The molecule has 16 heavy (non-hydrogen) atoms. The van der Waals surface area contributed by atoms with Crippen molar-refractivity contribution in [1.29, 1.82) is 0 Å². The average molecular weight is 328 g/mol. The van der Waals surface area contributed by atoms with Crippen molar-refractivity contribution >= 4 is 28.3 Å². The fraction of sp³-hybridized carbons (Fsp3) is 0.538. The number of nitrogens with zero attached hydrogens (tertiary/aromatic N) is 2. The van der Waals surface area contributed by atoms with Gasteiger partial charge in [0.05, 0.1) is 0 Å². The highest BCUT2D eigenvalue weighted by Crippen LogP contribution is 2.31.